The van der Waals surface area contributed by atoms with Gasteiger partial charge in [0, 0.05) is 36.4 Å². The fraction of sp³-hybridized carbons (Fsp3) is 0.161. The number of anilines is 1. The Hall–Kier alpha value is -5.56. The number of phenolic OH excluding ortho intramolecular Hbond substituents is 1. The van der Waals surface area contributed by atoms with Crippen LogP contribution in [0.2, 0.25) is 0 Å². The number of nitro groups is 1. The summed E-state index contributed by atoms with van der Waals surface area (Å²) in [6.45, 7) is 0. The first-order valence-corrected chi connectivity index (χ1v) is 12.9. The predicted molar refractivity (Wildman–Crippen MR) is 156 cm³/mol. The third kappa shape index (κ3) is 7.74. The second kappa shape index (κ2) is 13.5. The highest BCUT2D eigenvalue weighted by atomic mass is 16.6. The topological polar surface area (TPSA) is 158 Å². The molecule has 4 rings (SSSR count). The summed E-state index contributed by atoms with van der Waals surface area (Å²) in [4.78, 5) is 35.9. The first-order chi connectivity index (χ1) is 19.8. The predicted octanol–water partition coefficient (Wildman–Crippen LogP) is 6.05. The lowest BCUT2D eigenvalue weighted by Crippen LogP contribution is -2.21. The molecule has 206 valence electrons. The molecule has 0 radical (unpaired) electrons. The van der Waals surface area contributed by atoms with Crippen LogP contribution in [0.4, 0.5) is 11.4 Å². The molecule has 0 saturated carbocycles. The third-order valence-corrected chi connectivity index (χ3v) is 6.43. The number of rotatable bonds is 11. The molecule has 0 aliphatic carbocycles. The number of nitro benzene ring substituents is 1. The van der Waals surface area contributed by atoms with Gasteiger partial charge in [0.2, 0.25) is 5.91 Å². The van der Waals surface area contributed by atoms with Crippen molar-refractivity contribution in [1.29, 1.82) is 5.26 Å². The first-order valence-electron chi connectivity index (χ1n) is 12.9. The molecule has 41 heavy (non-hydrogen) atoms. The number of hydrogen-bond donors (Lipinski definition) is 3. The van der Waals surface area contributed by atoms with E-state index in [1.54, 1.807) is 12.1 Å². The van der Waals surface area contributed by atoms with Crippen molar-refractivity contribution in [3.05, 3.63) is 112 Å². The third-order valence-electron chi connectivity index (χ3n) is 6.43. The minimum atomic E-state index is -0.609. The van der Waals surface area contributed by atoms with Gasteiger partial charge in [-0.15, -0.1) is 0 Å². The van der Waals surface area contributed by atoms with E-state index < -0.39 is 16.7 Å². The largest absolute Gasteiger partial charge is 0.507 e. The molecule has 0 heterocycles. The number of benzene rings is 4. The molecule has 0 aliphatic rings. The SMILES string of the molecule is N#CC(C/C(CCCC(=O)Nc1cccc([N+](=O)[O-])c1)=N/NC(=O)c1cc2ccccc2cc1O)c1ccccc1. The number of nitriles is 1. The number of carbonyl (C=O) groups excluding carboxylic acids is 2. The molecule has 0 aliphatic heterocycles. The van der Waals surface area contributed by atoms with Gasteiger partial charge < -0.3 is 10.4 Å². The van der Waals surface area contributed by atoms with E-state index in [9.17, 15) is 30.1 Å². The summed E-state index contributed by atoms with van der Waals surface area (Å²) in [6, 6.07) is 27.5. The van der Waals surface area contributed by atoms with E-state index in [2.05, 4.69) is 21.9 Å². The van der Waals surface area contributed by atoms with Crippen molar-refractivity contribution in [3.63, 3.8) is 0 Å². The van der Waals surface area contributed by atoms with Gasteiger partial charge in [-0.1, -0.05) is 60.7 Å². The molecule has 3 N–H and O–H groups in total. The van der Waals surface area contributed by atoms with E-state index in [0.29, 0.717) is 24.2 Å². The highest BCUT2D eigenvalue weighted by Gasteiger charge is 2.17. The van der Waals surface area contributed by atoms with Crippen molar-refractivity contribution < 1.29 is 19.6 Å². The first kappa shape index (κ1) is 28.4. The van der Waals surface area contributed by atoms with Crippen LogP contribution in [0.5, 0.6) is 5.75 Å². The Labute approximate surface area is 236 Å². The summed E-state index contributed by atoms with van der Waals surface area (Å²) in [5, 5.41) is 39.7. The molecule has 0 spiro atoms. The molecule has 2 amide bonds. The molecule has 10 nitrogen and oxygen atoms in total. The highest BCUT2D eigenvalue weighted by molar-refractivity contribution is 6.02. The Bertz CT molecular complexity index is 1650. The van der Waals surface area contributed by atoms with Gasteiger partial charge >= 0.3 is 0 Å². The minimum absolute atomic E-state index is 0.0584. The summed E-state index contributed by atoms with van der Waals surface area (Å²) in [6.07, 6.45) is 0.960. The van der Waals surface area contributed by atoms with Crippen molar-refractivity contribution >= 4 is 39.7 Å². The summed E-state index contributed by atoms with van der Waals surface area (Å²) >= 11 is 0. The van der Waals surface area contributed by atoms with Crippen molar-refractivity contribution in [3.8, 4) is 11.8 Å². The van der Waals surface area contributed by atoms with Crippen molar-refractivity contribution in [2.24, 2.45) is 5.10 Å². The molecule has 4 aromatic carbocycles. The number of nitrogens with one attached hydrogen (secondary N) is 2. The number of non-ortho nitro benzene ring substituents is 1. The van der Waals surface area contributed by atoms with Crippen molar-refractivity contribution in [1.82, 2.24) is 5.43 Å². The van der Waals surface area contributed by atoms with E-state index in [-0.39, 0.29) is 35.7 Å². The molecule has 0 aromatic heterocycles. The fourth-order valence-electron chi connectivity index (χ4n) is 4.34. The quantitative estimate of drug-likeness (QED) is 0.117. The second-order valence-electron chi connectivity index (χ2n) is 9.34. The van der Waals surface area contributed by atoms with Gasteiger partial charge in [0.1, 0.15) is 5.75 Å². The Kier molecular flexibility index (Phi) is 9.36. The summed E-state index contributed by atoms with van der Waals surface area (Å²) in [5.74, 6) is -1.66. The molecular formula is C31H27N5O5. The van der Waals surface area contributed by atoms with Gasteiger partial charge in [-0.2, -0.15) is 10.4 Å². The second-order valence-corrected chi connectivity index (χ2v) is 9.34. The number of amides is 2. The zero-order valence-corrected chi connectivity index (χ0v) is 22.0. The number of carbonyl (C=O) groups is 2. The van der Waals surface area contributed by atoms with Gasteiger partial charge in [0.05, 0.1) is 22.5 Å². The maximum absolute atomic E-state index is 12.9. The Morgan fingerprint density at radius 2 is 1.66 bits per heavy atom. The van der Waals surface area contributed by atoms with Gasteiger partial charge in [-0.3, -0.25) is 19.7 Å². The van der Waals surface area contributed by atoms with Crippen LogP contribution in [0.25, 0.3) is 10.8 Å². The van der Waals surface area contributed by atoms with Crippen LogP contribution < -0.4 is 10.7 Å². The Balaban J connectivity index is 1.46. The molecule has 1 unspecified atom stereocenters. The lowest BCUT2D eigenvalue weighted by atomic mass is 9.93. The number of aromatic hydroxyl groups is 1. The van der Waals surface area contributed by atoms with E-state index in [1.807, 2.05) is 54.6 Å². The zero-order chi connectivity index (χ0) is 29.2. The monoisotopic (exact) mass is 549 g/mol. The number of phenols is 1. The lowest BCUT2D eigenvalue weighted by molar-refractivity contribution is -0.384. The standard InChI is InChI=1S/C31H27N5O5/c32-20-24(21-8-2-1-3-9-21)16-26(13-7-15-30(38)33-25-12-6-14-27(19-25)36(40)41)34-35-31(39)28-17-22-10-4-5-11-23(22)18-29(28)37/h1-6,8-12,14,17-19,24,37H,7,13,15-16H2,(H,33,38)(H,35,39)/b34-26+. The van der Waals surface area contributed by atoms with Crippen LogP contribution in [-0.2, 0) is 4.79 Å². The molecule has 0 saturated heterocycles. The van der Waals surface area contributed by atoms with Gasteiger partial charge in [0.15, 0.2) is 0 Å². The van der Waals surface area contributed by atoms with Crippen LogP contribution in [0.3, 0.4) is 0 Å². The molecular weight excluding hydrogens is 522 g/mol. The Morgan fingerprint density at radius 3 is 2.37 bits per heavy atom. The van der Waals surface area contributed by atoms with Gasteiger partial charge in [-0.05, 0) is 47.4 Å². The molecule has 1 atom stereocenters. The van der Waals surface area contributed by atoms with E-state index in [1.165, 1.54) is 24.3 Å². The van der Waals surface area contributed by atoms with E-state index >= 15 is 0 Å². The number of hydrogen-bond acceptors (Lipinski definition) is 7. The lowest BCUT2D eigenvalue weighted by Gasteiger charge is -2.13. The van der Waals surface area contributed by atoms with Gasteiger partial charge in [-0.25, -0.2) is 5.43 Å². The number of nitrogens with zero attached hydrogens (tertiary/aromatic N) is 3. The maximum atomic E-state index is 12.9. The van der Waals surface area contributed by atoms with Crippen LogP contribution >= 0.6 is 0 Å². The molecule has 0 bridgehead atoms. The minimum Gasteiger partial charge on any atom is -0.507 e. The van der Waals surface area contributed by atoms with Crippen molar-refractivity contribution in [2.45, 2.75) is 31.6 Å². The zero-order valence-electron chi connectivity index (χ0n) is 22.0. The molecule has 4 aromatic rings. The van der Waals surface area contributed by atoms with Crippen LogP contribution in [0.1, 0.15) is 47.5 Å². The van der Waals surface area contributed by atoms with E-state index in [4.69, 9.17) is 0 Å². The average molecular weight is 550 g/mol. The van der Waals surface area contributed by atoms with Crippen molar-refractivity contribution in [2.75, 3.05) is 5.32 Å². The smallest absolute Gasteiger partial charge is 0.275 e. The van der Waals surface area contributed by atoms with E-state index in [0.717, 1.165) is 16.3 Å². The summed E-state index contributed by atoms with van der Waals surface area (Å²) < 4.78 is 0. The summed E-state index contributed by atoms with van der Waals surface area (Å²) in [7, 11) is 0. The molecule has 0 fully saturated rings. The average Bonchev–Trinajstić information content (AvgIpc) is 2.98. The van der Waals surface area contributed by atoms with Crippen LogP contribution in [0.15, 0.2) is 96.1 Å². The van der Waals surface area contributed by atoms with Gasteiger partial charge in [0.25, 0.3) is 11.6 Å². The Morgan fingerprint density at radius 1 is 0.951 bits per heavy atom. The van der Waals surface area contributed by atoms with Crippen LogP contribution in [0, 0.1) is 21.4 Å². The summed E-state index contributed by atoms with van der Waals surface area (Å²) in [5.41, 5.74) is 4.03. The number of hydrazone groups is 1. The normalized spacial score (nSPS) is 11.8. The number of fused-ring (bicyclic) bond motifs is 1. The van der Waals surface area contributed by atoms with Crippen LogP contribution in [-0.4, -0.2) is 27.6 Å². The fourth-order valence-corrected chi connectivity index (χ4v) is 4.34. The maximum Gasteiger partial charge on any atom is 0.275 e. The highest BCUT2D eigenvalue weighted by Crippen LogP contribution is 2.25. The molecule has 10 heteroatoms.